The second-order valence-corrected chi connectivity index (χ2v) is 21.0. The molecule has 2 amide bonds. The highest BCUT2D eigenvalue weighted by Gasteiger charge is 2.60. The molecule has 7 aliphatic rings. The van der Waals surface area contributed by atoms with Gasteiger partial charge in [-0.2, -0.15) is 0 Å². The molecule has 7 saturated heterocycles. The second kappa shape index (κ2) is 28.7. The van der Waals surface area contributed by atoms with Crippen LogP contribution in [0.5, 0.6) is 0 Å². The van der Waals surface area contributed by atoms with Gasteiger partial charge in [0, 0.05) is 13.8 Å². The molecule has 0 aromatic carbocycles. The average molecular weight is 1200 g/mol. The zero-order valence-electron chi connectivity index (χ0n) is 44.4. The van der Waals surface area contributed by atoms with Gasteiger partial charge in [-0.1, -0.05) is 0 Å². The van der Waals surface area contributed by atoms with E-state index in [1.807, 2.05) is 0 Å². The van der Waals surface area contributed by atoms with Gasteiger partial charge in [-0.15, -0.1) is 0 Å². The summed E-state index contributed by atoms with van der Waals surface area (Å²) in [6.07, 6.45) is -63.4. The SMILES string of the molecule is CC(=O)N[C@H]1[C@H](O[C@@H]2[C@@H](O)[C@H](O[C@H]3[C@H](O[C@@H]4O[C@@H](C)[C@@H](O)[C@@H](O)[C@@H]4O)[C@@H](NC(C)=O)[C@H](O[C@H]4[C@@H](O)[C@@H](CO)OC(O)[C@@H]4O)O[C@@H]3CO)O[C@H](CO)[C@H]2O)O[C@H](CO)[C@@H](O[C@@H]2O[C@H](CO)[C@H](O)[C@H](O)[C@H]2O)[C@@H]1O[C@@H]1O[C@@H](C)[C@@H](O)[C@@H](O)[C@@H]1O. The maximum atomic E-state index is 13.1. The van der Waals surface area contributed by atoms with E-state index in [4.69, 9.17) is 61.6 Å². The molecule has 0 aromatic heterocycles. The van der Waals surface area contributed by atoms with Crippen LogP contribution >= 0.6 is 0 Å². The maximum absolute atomic E-state index is 13.1. The smallest absolute Gasteiger partial charge is 0.217 e. The van der Waals surface area contributed by atoms with E-state index in [1.54, 1.807) is 0 Å². The van der Waals surface area contributed by atoms with Crippen LogP contribution in [0.3, 0.4) is 0 Å². The summed E-state index contributed by atoms with van der Waals surface area (Å²) in [5, 5.41) is 211. The van der Waals surface area contributed by atoms with Gasteiger partial charge in [-0.25, -0.2) is 0 Å². The summed E-state index contributed by atoms with van der Waals surface area (Å²) in [5.74, 6) is -1.80. The number of carbonyl (C=O) groups excluding carboxylic acids is 2. The summed E-state index contributed by atoms with van der Waals surface area (Å²) >= 11 is 0. The summed E-state index contributed by atoms with van der Waals surface area (Å²) in [6, 6.07) is -3.71. The van der Waals surface area contributed by atoms with Crippen LogP contribution in [0.1, 0.15) is 27.7 Å². The highest BCUT2D eigenvalue weighted by Crippen LogP contribution is 2.39. The number of hydrogen-bond acceptors (Lipinski definition) is 34. The Morgan fingerprint density at radius 1 is 0.317 bits per heavy atom. The summed E-state index contributed by atoms with van der Waals surface area (Å²) in [6.45, 7) is -0.654. The first-order valence-electron chi connectivity index (χ1n) is 26.3. The first-order valence-corrected chi connectivity index (χ1v) is 26.3. The lowest BCUT2D eigenvalue weighted by molar-refractivity contribution is -0.397. The number of nitrogens with one attached hydrogen (secondary N) is 2. The lowest BCUT2D eigenvalue weighted by Gasteiger charge is -2.52. The van der Waals surface area contributed by atoms with E-state index in [2.05, 4.69) is 10.6 Å². The lowest BCUT2D eigenvalue weighted by atomic mass is 9.93. The third-order valence-electron chi connectivity index (χ3n) is 15.3. The van der Waals surface area contributed by atoms with E-state index in [0.29, 0.717) is 0 Å². The van der Waals surface area contributed by atoms with Gasteiger partial charge in [-0.3, -0.25) is 9.59 Å². The van der Waals surface area contributed by atoms with Crippen LogP contribution in [-0.4, -0.2) is 357 Å². The fourth-order valence-electron chi connectivity index (χ4n) is 10.7. The van der Waals surface area contributed by atoms with Crippen LogP contribution in [0, 0.1) is 0 Å². The number of amides is 2. The quantitative estimate of drug-likeness (QED) is 0.0571. The second-order valence-electron chi connectivity index (χ2n) is 21.0. The molecule has 1 unspecified atom stereocenters. The number of rotatable bonds is 19. The summed E-state index contributed by atoms with van der Waals surface area (Å²) < 4.78 is 76.8. The number of aliphatic hydroxyl groups is 19. The summed E-state index contributed by atoms with van der Waals surface area (Å²) in [4.78, 5) is 26.2. The molecule has 0 radical (unpaired) electrons. The molecule has 82 heavy (non-hydrogen) atoms. The van der Waals surface area contributed by atoms with Gasteiger partial charge >= 0.3 is 0 Å². The first kappa shape index (κ1) is 67.2. The van der Waals surface area contributed by atoms with E-state index in [9.17, 15) is 107 Å². The Balaban J connectivity index is 1.25. The predicted octanol–water partition coefficient (Wildman–Crippen LogP) is -13.9. The van der Waals surface area contributed by atoms with Crippen molar-refractivity contribution < 1.29 is 168 Å². The molecule has 7 heterocycles. The molecule has 7 rings (SSSR count). The number of carbonyl (C=O) groups is 2. The molecular formula is C46H78N2O34. The average Bonchev–Trinajstić information content (AvgIpc) is 3.24. The molecule has 0 saturated carbocycles. The minimum absolute atomic E-state index is 0.892. The summed E-state index contributed by atoms with van der Waals surface area (Å²) in [7, 11) is 0. The van der Waals surface area contributed by atoms with Crippen LogP contribution in [0.4, 0.5) is 0 Å². The first-order chi connectivity index (χ1) is 38.7. The van der Waals surface area contributed by atoms with E-state index in [0.717, 1.165) is 13.8 Å². The van der Waals surface area contributed by atoms with Crippen molar-refractivity contribution in [2.45, 2.75) is 243 Å². The standard InChI is InChI=1S/C46H78N2O34/c1-10-21(56)26(61)29(64)43(70-10)79-36-20(48-13(4)55)42(76-17(8-52)34(36)77-45-31(66)28(63)23(58)14(5-49)73-45)82-39-25(60)16(7-51)74-46(33(39)68)78-35-18(9-53)75-41(81-38-24(59)15(6-50)72-40(69)32(38)67)19(47-12(3)54)37(35)80-44-30(65)27(62)22(57)11(2)71-44/h10-11,14-46,49-53,56-69H,5-9H2,1-4H3,(H,47,54)(H,48,55)/t10-,11-,14+,15+,16+,17+,18+,19+,20+,21+,22+,23-,24-,25+,26+,27+,28-,29-,30-,31+,32+,33+,34+,35+,36+,37+,38-,39-,40?,41-,42-,43-,44-,45-,46-/m0/s1. The number of hydrogen-bond donors (Lipinski definition) is 21. The molecule has 476 valence electrons. The molecule has 7 aliphatic heterocycles. The van der Waals surface area contributed by atoms with Gasteiger partial charge in [-0.05, 0) is 13.8 Å². The van der Waals surface area contributed by atoms with Crippen LogP contribution in [-0.2, 0) is 71.2 Å². The van der Waals surface area contributed by atoms with Crippen molar-refractivity contribution in [2.24, 2.45) is 0 Å². The van der Waals surface area contributed by atoms with Crippen molar-refractivity contribution in [3.8, 4) is 0 Å². The van der Waals surface area contributed by atoms with E-state index in [1.165, 1.54) is 13.8 Å². The minimum atomic E-state index is -2.36. The van der Waals surface area contributed by atoms with Crippen molar-refractivity contribution >= 4 is 11.8 Å². The Bertz CT molecular complexity index is 2030. The predicted molar refractivity (Wildman–Crippen MR) is 252 cm³/mol. The van der Waals surface area contributed by atoms with Gasteiger partial charge in [0.05, 0.1) is 45.2 Å². The molecule has 0 aliphatic carbocycles. The highest BCUT2D eigenvalue weighted by molar-refractivity contribution is 5.73. The molecule has 21 N–H and O–H groups in total. The molecule has 36 heteroatoms. The third kappa shape index (κ3) is 14.1. The topological polar surface area (TPSA) is 563 Å². The van der Waals surface area contributed by atoms with E-state index < -0.39 is 260 Å². The highest BCUT2D eigenvalue weighted by atomic mass is 16.8. The normalized spacial score (nSPS) is 51.3. The van der Waals surface area contributed by atoms with Gasteiger partial charge in [0.25, 0.3) is 0 Å². The fraction of sp³-hybridized carbons (Fsp3) is 0.957. The minimum Gasteiger partial charge on any atom is -0.394 e. The molecular weight excluding hydrogens is 1120 g/mol. The molecule has 0 spiro atoms. The fourth-order valence-corrected chi connectivity index (χ4v) is 10.7. The van der Waals surface area contributed by atoms with Gasteiger partial charge in [0.1, 0.15) is 159 Å². The van der Waals surface area contributed by atoms with Crippen molar-refractivity contribution in [3.05, 3.63) is 0 Å². The van der Waals surface area contributed by atoms with Crippen LogP contribution in [0.15, 0.2) is 0 Å². The maximum Gasteiger partial charge on any atom is 0.217 e. The Morgan fingerprint density at radius 3 is 0.988 bits per heavy atom. The van der Waals surface area contributed by atoms with Gasteiger partial charge < -0.3 is 169 Å². The molecule has 0 aromatic rings. The van der Waals surface area contributed by atoms with E-state index >= 15 is 0 Å². The Hall–Kier alpha value is -2.34. The molecule has 35 atom stereocenters. The van der Waals surface area contributed by atoms with Crippen molar-refractivity contribution in [2.75, 3.05) is 33.0 Å². The van der Waals surface area contributed by atoms with Crippen LogP contribution in [0.25, 0.3) is 0 Å². The number of aliphatic hydroxyl groups excluding tert-OH is 19. The molecule has 7 fully saturated rings. The van der Waals surface area contributed by atoms with Crippen LogP contribution in [0.2, 0.25) is 0 Å². The number of ether oxygens (including phenoxy) is 13. The third-order valence-corrected chi connectivity index (χ3v) is 15.3. The van der Waals surface area contributed by atoms with Crippen molar-refractivity contribution in [3.63, 3.8) is 0 Å². The van der Waals surface area contributed by atoms with Crippen molar-refractivity contribution in [1.82, 2.24) is 10.6 Å². The summed E-state index contributed by atoms with van der Waals surface area (Å²) in [5.41, 5.74) is 0. The Morgan fingerprint density at radius 2 is 0.610 bits per heavy atom. The zero-order valence-corrected chi connectivity index (χ0v) is 44.4. The lowest BCUT2D eigenvalue weighted by Crippen LogP contribution is -2.72. The van der Waals surface area contributed by atoms with Gasteiger partial charge in [0.2, 0.25) is 11.8 Å². The monoisotopic (exact) mass is 1200 g/mol. The van der Waals surface area contributed by atoms with Crippen LogP contribution < -0.4 is 10.6 Å². The Kier molecular flexibility index (Phi) is 23.5. The molecule has 36 nitrogen and oxygen atoms in total. The van der Waals surface area contributed by atoms with Crippen molar-refractivity contribution in [1.29, 1.82) is 0 Å². The largest absolute Gasteiger partial charge is 0.394 e. The Labute approximate surface area is 465 Å². The zero-order chi connectivity index (χ0) is 60.5. The molecule has 0 bridgehead atoms. The van der Waals surface area contributed by atoms with E-state index in [-0.39, 0.29) is 0 Å². The van der Waals surface area contributed by atoms with Gasteiger partial charge in [0.15, 0.2) is 44.0 Å².